The summed E-state index contributed by atoms with van der Waals surface area (Å²) in [6, 6.07) is 7.59. The minimum atomic E-state index is -0.577. The maximum absolute atomic E-state index is 11.3. The number of hydrogen-bond acceptors (Lipinski definition) is 4. The summed E-state index contributed by atoms with van der Waals surface area (Å²) in [7, 11) is 0. The van der Waals surface area contributed by atoms with Gasteiger partial charge in [0.25, 0.3) is 5.91 Å². The first-order valence-corrected chi connectivity index (χ1v) is 6.29. The lowest BCUT2D eigenvalue weighted by Gasteiger charge is -2.42. The fraction of sp³-hybridized carbons (Fsp3) is 0.357. The van der Waals surface area contributed by atoms with Crippen LogP contribution in [0.5, 0.6) is 0 Å². The largest absolute Gasteiger partial charge is 0.343 e. The van der Waals surface area contributed by atoms with Crippen molar-refractivity contribution in [3.8, 4) is 11.1 Å². The highest BCUT2D eigenvalue weighted by atomic mass is 16.7. The Morgan fingerprint density at radius 2 is 1.85 bits per heavy atom. The quantitative estimate of drug-likeness (QED) is 0.826. The Morgan fingerprint density at radius 3 is 2.15 bits per heavy atom. The van der Waals surface area contributed by atoms with Crippen molar-refractivity contribution in [2.24, 2.45) is 0 Å². The highest BCUT2D eigenvalue weighted by Gasteiger charge is 2.47. The van der Waals surface area contributed by atoms with E-state index < -0.39 is 17.9 Å². The van der Waals surface area contributed by atoms with Crippen LogP contribution in [0.2, 0.25) is 0 Å². The first-order chi connectivity index (χ1) is 9.40. The number of rotatable bonds is 2. The van der Waals surface area contributed by atoms with Gasteiger partial charge in [-0.15, -0.1) is 0 Å². The number of carbonyl (C=O) groups excluding carboxylic acids is 3. The van der Waals surface area contributed by atoms with Gasteiger partial charge in [-0.1, -0.05) is 18.2 Å². The van der Waals surface area contributed by atoms with Gasteiger partial charge in [-0.25, -0.2) is 0 Å². The zero-order chi connectivity index (χ0) is 14.9. The van der Waals surface area contributed by atoms with E-state index in [-0.39, 0.29) is 11.9 Å². The topological polar surface area (TPSA) is 75.7 Å². The molecule has 2 aliphatic carbocycles. The molecule has 0 saturated carbocycles. The third kappa shape index (κ3) is 2.96. The van der Waals surface area contributed by atoms with Gasteiger partial charge in [-0.3, -0.25) is 14.4 Å². The molecule has 0 spiro atoms. The molecule has 0 aromatic rings. The van der Waals surface area contributed by atoms with E-state index in [1.807, 2.05) is 0 Å². The molecular formula is C14H16N2O4. The van der Waals surface area contributed by atoms with Gasteiger partial charge in [0, 0.05) is 13.8 Å². The molecule has 1 N–H and O–H groups in total. The molecule has 1 aliphatic heterocycles. The summed E-state index contributed by atoms with van der Waals surface area (Å²) in [4.78, 5) is 37.1. The van der Waals surface area contributed by atoms with E-state index in [4.69, 9.17) is 0 Å². The van der Waals surface area contributed by atoms with Crippen LogP contribution in [0.4, 0.5) is 0 Å². The lowest BCUT2D eigenvalue weighted by molar-refractivity contribution is -0.228. The van der Waals surface area contributed by atoms with Crippen LogP contribution in [-0.4, -0.2) is 34.9 Å². The lowest BCUT2D eigenvalue weighted by Crippen LogP contribution is -2.69. The SMILES string of the molecule is CC(=O)NC1C(=O)N(OC(C)=O)C1C.c1cc2cc-2c1. The second-order valence-electron chi connectivity index (χ2n) is 4.75. The highest BCUT2D eigenvalue weighted by Crippen LogP contribution is 2.32. The number of carbonyl (C=O) groups is 3. The number of benzene rings is 1. The van der Waals surface area contributed by atoms with Gasteiger partial charge >= 0.3 is 5.97 Å². The summed E-state index contributed by atoms with van der Waals surface area (Å²) in [5.41, 5.74) is 2.85. The van der Waals surface area contributed by atoms with E-state index in [1.165, 1.54) is 25.0 Å². The summed E-state index contributed by atoms with van der Waals surface area (Å²) in [6.45, 7) is 4.23. The number of amides is 2. The maximum atomic E-state index is 11.3. The summed E-state index contributed by atoms with van der Waals surface area (Å²) in [5.74, 6) is -1.23. The van der Waals surface area contributed by atoms with Crippen LogP contribution in [0.15, 0.2) is 24.3 Å². The van der Waals surface area contributed by atoms with Gasteiger partial charge < -0.3 is 10.2 Å². The number of fused-ring (bicyclic) bond motifs is 1. The van der Waals surface area contributed by atoms with Gasteiger partial charge in [0.15, 0.2) is 0 Å². The Labute approximate surface area is 116 Å². The molecule has 1 saturated heterocycles. The van der Waals surface area contributed by atoms with Crippen LogP contribution in [0.3, 0.4) is 0 Å². The normalized spacial score (nSPS) is 21.1. The molecule has 2 atom stereocenters. The Morgan fingerprint density at radius 1 is 1.25 bits per heavy atom. The molecule has 3 aliphatic rings. The zero-order valence-electron chi connectivity index (χ0n) is 11.5. The Bertz CT molecular complexity index is 527. The molecule has 2 amide bonds. The molecule has 3 rings (SSSR count). The van der Waals surface area contributed by atoms with Gasteiger partial charge in [0.05, 0.1) is 6.04 Å². The number of hydroxylamine groups is 2. The predicted octanol–water partition coefficient (Wildman–Crippen LogP) is 0.867. The average molecular weight is 276 g/mol. The molecule has 6 nitrogen and oxygen atoms in total. The van der Waals surface area contributed by atoms with Crippen molar-refractivity contribution in [3.05, 3.63) is 24.3 Å². The van der Waals surface area contributed by atoms with Crippen molar-refractivity contribution in [1.82, 2.24) is 10.4 Å². The van der Waals surface area contributed by atoms with Crippen LogP contribution < -0.4 is 5.32 Å². The molecule has 106 valence electrons. The molecule has 0 aromatic carbocycles. The Hall–Kier alpha value is -2.37. The highest BCUT2D eigenvalue weighted by molar-refractivity contribution is 5.92. The second kappa shape index (κ2) is 5.32. The van der Waals surface area contributed by atoms with Crippen molar-refractivity contribution >= 4 is 17.8 Å². The van der Waals surface area contributed by atoms with Gasteiger partial charge in [0.1, 0.15) is 6.04 Å². The molecule has 2 unspecified atom stereocenters. The van der Waals surface area contributed by atoms with E-state index in [0.717, 1.165) is 5.06 Å². The van der Waals surface area contributed by atoms with Crippen molar-refractivity contribution in [3.63, 3.8) is 0 Å². The number of β-lactam (4-membered cyclic amide) rings is 1. The van der Waals surface area contributed by atoms with Gasteiger partial charge in [-0.05, 0) is 24.1 Å². The van der Waals surface area contributed by atoms with Crippen LogP contribution in [-0.2, 0) is 19.2 Å². The molecule has 0 aromatic heterocycles. The molecule has 20 heavy (non-hydrogen) atoms. The Balaban J connectivity index is 0.000000198. The van der Waals surface area contributed by atoms with Crippen molar-refractivity contribution in [2.45, 2.75) is 32.9 Å². The smallest absolute Gasteiger partial charge is 0.329 e. The van der Waals surface area contributed by atoms with E-state index in [9.17, 15) is 14.4 Å². The van der Waals surface area contributed by atoms with Crippen molar-refractivity contribution < 1.29 is 19.2 Å². The van der Waals surface area contributed by atoms with Crippen LogP contribution in [0, 0.1) is 0 Å². The Kier molecular flexibility index (Phi) is 3.74. The summed E-state index contributed by atoms with van der Waals surface area (Å²) in [6.07, 6.45) is 0. The first-order valence-electron chi connectivity index (χ1n) is 6.29. The van der Waals surface area contributed by atoms with Crippen LogP contribution in [0.25, 0.3) is 11.1 Å². The monoisotopic (exact) mass is 276 g/mol. The minimum absolute atomic E-state index is 0.280. The van der Waals surface area contributed by atoms with E-state index in [1.54, 1.807) is 6.92 Å². The van der Waals surface area contributed by atoms with Gasteiger partial charge in [-0.2, -0.15) is 5.06 Å². The molecule has 0 radical (unpaired) electrons. The fourth-order valence-corrected chi connectivity index (χ4v) is 1.94. The van der Waals surface area contributed by atoms with E-state index in [2.05, 4.69) is 34.4 Å². The lowest BCUT2D eigenvalue weighted by atomic mass is 10.0. The van der Waals surface area contributed by atoms with E-state index >= 15 is 0 Å². The summed E-state index contributed by atoms with van der Waals surface area (Å²) < 4.78 is 0. The van der Waals surface area contributed by atoms with Crippen LogP contribution >= 0.6 is 0 Å². The average Bonchev–Trinajstić information content (AvgIpc) is 3.00. The number of nitrogens with zero attached hydrogens (tertiary/aromatic N) is 1. The third-order valence-corrected chi connectivity index (χ3v) is 3.03. The minimum Gasteiger partial charge on any atom is -0.343 e. The van der Waals surface area contributed by atoms with Gasteiger partial charge in [0.2, 0.25) is 5.91 Å². The number of hydrogen-bond donors (Lipinski definition) is 1. The molecule has 0 bridgehead atoms. The third-order valence-electron chi connectivity index (χ3n) is 3.03. The first kappa shape index (κ1) is 14.0. The molecule has 1 fully saturated rings. The number of nitrogens with one attached hydrogen (secondary N) is 1. The molecular weight excluding hydrogens is 260 g/mol. The van der Waals surface area contributed by atoms with E-state index in [0.29, 0.717) is 0 Å². The second-order valence-corrected chi connectivity index (χ2v) is 4.75. The van der Waals surface area contributed by atoms with Crippen molar-refractivity contribution in [1.29, 1.82) is 0 Å². The zero-order valence-corrected chi connectivity index (χ0v) is 11.5. The summed E-state index contributed by atoms with van der Waals surface area (Å²) in [5, 5.41) is 3.42. The molecule has 6 heteroatoms. The summed E-state index contributed by atoms with van der Waals surface area (Å²) >= 11 is 0. The van der Waals surface area contributed by atoms with Crippen LogP contribution in [0.1, 0.15) is 20.8 Å². The predicted molar refractivity (Wildman–Crippen MR) is 71.1 cm³/mol. The standard InChI is InChI=1S/C8H12N2O4.C6H4/c1-4-7(9-5(2)11)8(13)10(4)14-6(3)12;1-2-5-4-6(5)3-1/h4,7H,1-3H3,(H,9,11);1-4H. The maximum Gasteiger partial charge on any atom is 0.329 e. The van der Waals surface area contributed by atoms with Crippen molar-refractivity contribution in [2.75, 3.05) is 0 Å². The fourth-order valence-electron chi connectivity index (χ4n) is 1.94. The molecule has 1 heterocycles.